The van der Waals surface area contributed by atoms with E-state index in [0.29, 0.717) is 227 Å². The van der Waals surface area contributed by atoms with E-state index in [1.807, 2.05) is 66.7 Å². The molecule has 28 heteroatoms. The van der Waals surface area contributed by atoms with Crippen molar-refractivity contribution < 1.29 is 0 Å². The Hall–Kier alpha value is -22.5. The van der Waals surface area contributed by atoms with Crippen molar-refractivity contribution in [2.24, 2.45) is 0 Å². The normalized spacial score (nSPS) is 10.1. The molecule has 0 aliphatic rings. The third-order valence-electron chi connectivity index (χ3n) is 20.9. The van der Waals surface area contributed by atoms with E-state index in [1.54, 1.807) is 273 Å². The van der Waals surface area contributed by atoms with E-state index in [9.17, 15) is 26.3 Å². The summed E-state index contributed by atoms with van der Waals surface area (Å²) >= 11 is 0. The van der Waals surface area contributed by atoms with Crippen LogP contribution in [0.15, 0.2) is 340 Å². The summed E-state index contributed by atoms with van der Waals surface area (Å²) in [5.41, 5.74) is 16.0. The van der Waals surface area contributed by atoms with E-state index in [2.05, 4.69) is 116 Å². The van der Waals surface area contributed by atoms with Crippen LogP contribution in [0.3, 0.4) is 0 Å². The molecule has 140 heavy (non-hydrogen) atoms. The van der Waals surface area contributed by atoms with Gasteiger partial charge < -0.3 is 0 Å². The molecule has 5 aromatic heterocycles. The average molecular weight is 1790 g/mol. The zero-order valence-corrected chi connectivity index (χ0v) is 72.9. The van der Waals surface area contributed by atoms with Gasteiger partial charge in [0.1, 0.15) is 0 Å². The maximum absolute atomic E-state index is 9.53. The topological polar surface area (TPSA) is 386 Å². The molecule has 0 saturated carbocycles. The highest BCUT2D eigenvalue weighted by molar-refractivity contribution is 5.81. The zero-order chi connectivity index (χ0) is 97.2. The lowest BCUT2D eigenvalue weighted by molar-refractivity contribution is 1.07. The molecule has 19 aromatic rings. The maximum Gasteiger partial charge on any atom is 0.198 e. The first-order valence-electron chi connectivity index (χ1n) is 42.0. The Labute approximate surface area is 801 Å². The van der Waals surface area contributed by atoms with Crippen LogP contribution < -0.4 is 0 Å². The fourth-order valence-electron chi connectivity index (χ4n) is 14.0. The summed E-state index contributed by atoms with van der Waals surface area (Å²) in [6.45, 7) is 44.3. The number of nitriles is 7. The van der Waals surface area contributed by atoms with Gasteiger partial charge >= 0.3 is 0 Å². The van der Waals surface area contributed by atoms with Crippen LogP contribution in [0.25, 0.3) is 200 Å². The molecule has 0 saturated heterocycles. The molecule has 644 valence electrons. The van der Waals surface area contributed by atoms with E-state index < -0.39 is 0 Å². The van der Waals surface area contributed by atoms with E-state index in [0.717, 1.165) is 16.7 Å². The van der Waals surface area contributed by atoms with Gasteiger partial charge in [-0.2, -0.15) is 36.8 Å². The Morgan fingerprint density at radius 2 is 0.379 bits per heavy atom. The number of para-hydroxylation sites is 1. The molecule has 0 fully saturated rings. The van der Waals surface area contributed by atoms with Gasteiger partial charge in [0.25, 0.3) is 0 Å². The van der Waals surface area contributed by atoms with Gasteiger partial charge in [0.2, 0.25) is 0 Å². The van der Waals surface area contributed by atoms with Crippen molar-refractivity contribution in [1.82, 2.24) is 74.8 Å². The summed E-state index contributed by atoms with van der Waals surface area (Å²) in [7, 11) is 0. The number of benzene rings is 14. The Balaban J connectivity index is 0.000000139. The fourth-order valence-corrected chi connectivity index (χ4v) is 14.0. The van der Waals surface area contributed by atoms with Gasteiger partial charge in [-0.25, -0.2) is 104 Å². The summed E-state index contributed by atoms with van der Waals surface area (Å²) < 4.78 is 0. The Morgan fingerprint density at radius 1 is 0.157 bits per heavy atom. The van der Waals surface area contributed by atoms with Gasteiger partial charge in [0.05, 0.1) is 121 Å². The summed E-state index contributed by atoms with van der Waals surface area (Å²) in [6.07, 6.45) is 0. The number of rotatable bonds is 15. The van der Waals surface area contributed by atoms with E-state index in [4.69, 9.17) is 79.9 Å². The molecule has 14 aromatic carbocycles. The van der Waals surface area contributed by atoms with Crippen LogP contribution in [-0.2, 0) is 0 Å². The van der Waals surface area contributed by atoms with Crippen LogP contribution in [-0.4, -0.2) is 74.8 Å². The number of hydrogen-bond acceptors (Lipinski definition) is 22. The van der Waals surface area contributed by atoms with Crippen molar-refractivity contribution in [3.63, 3.8) is 0 Å². The van der Waals surface area contributed by atoms with Gasteiger partial charge in [-0.1, -0.05) is 200 Å². The minimum absolute atomic E-state index is 0.305. The molecule has 0 N–H and O–H groups in total. The molecule has 0 aliphatic carbocycles. The first-order valence-corrected chi connectivity index (χ1v) is 42.0. The number of nitrogens with zero attached hydrogens (tertiary/aromatic N) is 28. The van der Waals surface area contributed by atoms with Crippen molar-refractivity contribution in [3.8, 4) is 213 Å². The van der Waals surface area contributed by atoms with Crippen molar-refractivity contribution in [2.45, 2.75) is 0 Å². The van der Waals surface area contributed by atoms with Crippen LogP contribution in [0.4, 0.5) is 34.1 Å². The summed E-state index contributed by atoms with van der Waals surface area (Å²) in [4.78, 5) is 91.2. The highest BCUT2D eigenvalue weighted by Crippen LogP contribution is 2.38. The molecule has 0 atom stereocenters. The maximum atomic E-state index is 9.53. The van der Waals surface area contributed by atoms with Gasteiger partial charge in [-0.3, -0.25) is 0 Å². The molecule has 0 aliphatic heterocycles. The van der Waals surface area contributed by atoms with Gasteiger partial charge in [-0.05, 0) is 140 Å². The molecule has 28 nitrogen and oxygen atoms in total. The van der Waals surface area contributed by atoms with Crippen LogP contribution in [0.2, 0.25) is 0 Å². The van der Waals surface area contributed by atoms with Crippen LogP contribution in [0.1, 0.15) is 38.9 Å². The zero-order valence-electron chi connectivity index (χ0n) is 72.9. The van der Waals surface area contributed by atoms with E-state index in [1.165, 1.54) is 0 Å². The molecule has 0 bridgehead atoms. The predicted molar refractivity (Wildman–Crippen MR) is 525 cm³/mol. The van der Waals surface area contributed by atoms with Gasteiger partial charge in [-0.15, -0.1) is 0 Å². The first kappa shape index (κ1) is 90.8. The van der Waals surface area contributed by atoms with Crippen LogP contribution in [0, 0.1) is 119 Å². The molecule has 0 unspecified atom stereocenters. The van der Waals surface area contributed by atoms with Gasteiger partial charge in [0.15, 0.2) is 121 Å². The molecule has 0 amide bonds. The van der Waals surface area contributed by atoms with Crippen molar-refractivity contribution >= 4 is 34.1 Å². The number of aromatic nitrogens is 15. The molecule has 19 rings (SSSR count). The van der Waals surface area contributed by atoms with Crippen molar-refractivity contribution in [1.29, 1.82) is 36.8 Å². The fraction of sp³-hybridized carbons (Fsp3) is 0. The lowest BCUT2D eigenvalue weighted by atomic mass is 10.1. The summed E-state index contributed by atoms with van der Waals surface area (Å²) in [5, 5.41) is 65.1. The number of hydrogen-bond donors (Lipinski definition) is 0. The quantitative estimate of drug-likeness (QED) is 0.0860. The lowest BCUT2D eigenvalue weighted by Gasteiger charge is -2.11. The molecule has 0 radical (unpaired) electrons. The Kier molecular flexibility index (Phi) is 27.8. The van der Waals surface area contributed by atoms with Crippen LogP contribution >= 0.6 is 0 Å². The third-order valence-corrected chi connectivity index (χ3v) is 20.9. The molecule has 0 spiro atoms. The second-order valence-corrected chi connectivity index (χ2v) is 29.8. The van der Waals surface area contributed by atoms with Crippen molar-refractivity contribution in [3.05, 3.63) is 447 Å². The summed E-state index contributed by atoms with van der Waals surface area (Å²) in [6, 6.07) is 114. The van der Waals surface area contributed by atoms with Crippen molar-refractivity contribution in [2.75, 3.05) is 0 Å². The van der Waals surface area contributed by atoms with Gasteiger partial charge in [0, 0.05) is 83.5 Å². The Morgan fingerprint density at radius 3 is 0.650 bits per heavy atom. The SMILES string of the molecule is [C-]#[N+]c1ccc(-c2nc(-c3ccc(C#N)cc3)nc(-c3ccc(C#N)cc3)n2)cc1.[C-]#[N+]c1cccc(-c2nc(-c3cccc(C#N)c3)nc(-c3cccc(-c4nc(-c5cccc([N+]#[C-])c5)nc(-c5cccc([N+]#[C-])c5)n4)c3)n2)c1.[C-]#[N+]c1cccc(-c2nc(-c3cccc(C#N)c3)nc(-c3cccc(C#N)c3)n2)c1.[C-]#[N+]c1ccccc1-c1nc(-c2ccccc2C#N)nc(-c2ccccc2C#N)n1. The molecular formula is C112H56N28. The average Bonchev–Trinajstić information content (AvgIpc) is 0.788. The molecule has 5 heterocycles. The predicted octanol–water partition coefficient (Wildman–Crippen LogP) is 25.1. The second kappa shape index (κ2) is 42.8. The third kappa shape index (κ3) is 21.3. The van der Waals surface area contributed by atoms with Crippen LogP contribution in [0.5, 0.6) is 0 Å². The monoisotopic (exact) mass is 1790 g/mol. The molecular weight excluding hydrogens is 1740 g/mol. The standard InChI is InChI=1S/C40H20N10.3C24H12N6/c1-42-32-16-6-13-29(21-32)38-46-35(26-10-4-9-25(19-26)24-41)45-36(47-38)27-11-5-12-28(20-27)37-48-39(30-14-7-17-33(22-30)43-2)50-40(49-37)31-15-8-18-34(23-31)44-3;1-27-21-12-10-20(11-13-21)24-29-22(18-6-2-16(14-25)3-7-18)28-23(30-24)19-8-4-17(15-26)5-9-19;1-27-21-10-4-9-20(13-21)24-29-22(18-7-2-5-16(11-18)14-25)28-23(30-24)19-8-3-6-17(12-19)15-26;1-27-21-13-7-6-12-20(21)24-29-22(18-10-4-2-8-16(18)14-25)28-23(30-24)19-11-5-3-9-17(19)15-26/h4-23H;3*2-13H. The van der Waals surface area contributed by atoms with E-state index in [-0.39, 0.29) is 0 Å². The minimum Gasteiger partial charge on any atom is -0.238 e. The lowest BCUT2D eigenvalue weighted by Crippen LogP contribution is -2.02. The summed E-state index contributed by atoms with van der Waals surface area (Å²) in [5.74, 6) is 5.76. The smallest absolute Gasteiger partial charge is 0.198 e. The van der Waals surface area contributed by atoms with E-state index >= 15 is 0 Å². The first-order chi connectivity index (χ1) is 68.7. The minimum atomic E-state index is 0.305. The largest absolute Gasteiger partial charge is 0.238 e. The Bertz CT molecular complexity index is 7830. The highest BCUT2D eigenvalue weighted by Gasteiger charge is 2.23. The second-order valence-electron chi connectivity index (χ2n) is 29.8. The highest BCUT2D eigenvalue weighted by atomic mass is 15.1.